The molecule has 1 N–H and O–H groups in total. The minimum atomic E-state index is -0.000324. The van der Waals surface area contributed by atoms with Crippen molar-refractivity contribution in [1.82, 2.24) is 4.90 Å². The van der Waals surface area contributed by atoms with Gasteiger partial charge in [-0.05, 0) is 75.8 Å². The molecule has 0 aromatic carbocycles. The quantitative estimate of drug-likeness (QED) is 0.713. The minimum Gasteiger partial charge on any atom is -0.393 e. The number of piperidine rings is 2. The number of aliphatic hydroxyl groups is 1. The second kappa shape index (κ2) is 3.96. The molecule has 2 saturated carbocycles. The largest absolute Gasteiger partial charge is 0.393 e. The van der Waals surface area contributed by atoms with Crippen LogP contribution in [0.4, 0.5) is 0 Å². The maximum Gasteiger partial charge on any atom is 0.0589 e. The third-order valence-corrected chi connectivity index (χ3v) is 6.72. The van der Waals surface area contributed by atoms with E-state index in [9.17, 15) is 5.11 Å². The first-order valence-corrected chi connectivity index (χ1v) is 8.15. The highest BCUT2D eigenvalue weighted by Gasteiger charge is 2.61. The molecule has 1 spiro atoms. The van der Waals surface area contributed by atoms with Gasteiger partial charge in [0, 0.05) is 11.5 Å². The van der Waals surface area contributed by atoms with Crippen LogP contribution in [0.2, 0.25) is 0 Å². The van der Waals surface area contributed by atoms with Gasteiger partial charge in [0.05, 0.1) is 6.10 Å². The molecule has 6 atom stereocenters. The predicted octanol–water partition coefficient (Wildman–Crippen LogP) is 2.66. The van der Waals surface area contributed by atoms with E-state index >= 15 is 0 Å². The van der Waals surface area contributed by atoms with Crippen LogP contribution >= 0.6 is 0 Å². The first-order chi connectivity index (χ1) is 8.72. The Bertz CT molecular complexity index is 330. The normalized spacial score (nSPS) is 56.0. The number of rotatable bonds is 0. The van der Waals surface area contributed by atoms with Crippen LogP contribution in [0.5, 0.6) is 0 Å². The minimum absolute atomic E-state index is 0.000324. The van der Waals surface area contributed by atoms with Crippen LogP contribution in [0.25, 0.3) is 0 Å². The van der Waals surface area contributed by atoms with Gasteiger partial charge in [0.2, 0.25) is 0 Å². The number of hydrogen-bond acceptors (Lipinski definition) is 2. The molecule has 2 nitrogen and oxygen atoms in total. The summed E-state index contributed by atoms with van der Waals surface area (Å²) in [6.07, 6.45) is 9.30. The van der Waals surface area contributed by atoms with Crippen molar-refractivity contribution in [2.75, 3.05) is 13.1 Å². The van der Waals surface area contributed by atoms with Crippen molar-refractivity contribution in [3.8, 4) is 0 Å². The van der Waals surface area contributed by atoms with Gasteiger partial charge >= 0.3 is 0 Å². The van der Waals surface area contributed by atoms with Gasteiger partial charge in [-0.25, -0.2) is 0 Å². The molecule has 4 fully saturated rings. The molecule has 2 aliphatic carbocycles. The molecule has 0 radical (unpaired) electrons. The van der Waals surface area contributed by atoms with E-state index < -0.39 is 0 Å². The number of hydrogen-bond donors (Lipinski definition) is 1. The van der Waals surface area contributed by atoms with E-state index in [0.717, 1.165) is 24.2 Å². The topological polar surface area (TPSA) is 23.5 Å². The second-order valence-electron chi connectivity index (χ2n) is 7.58. The maximum absolute atomic E-state index is 10.6. The van der Waals surface area contributed by atoms with Gasteiger partial charge < -0.3 is 5.11 Å². The smallest absolute Gasteiger partial charge is 0.0589 e. The number of aliphatic hydroxyl groups excluding tert-OH is 1. The highest BCUT2D eigenvalue weighted by atomic mass is 16.3. The van der Waals surface area contributed by atoms with E-state index in [1.807, 2.05) is 0 Å². The van der Waals surface area contributed by atoms with Gasteiger partial charge in [0.1, 0.15) is 0 Å². The highest BCUT2D eigenvalue weighted by molar-refractivity contribution is 5.15. The first-order valence-electron chi connectivity index (χ1n) is 8.15. The van der Waals surface area contributed by atoms with Crippen molar-refractivity contribution >= 4 is 0 Å². The SMILES string of the molecule is C[C@H]1C[C@@H]2C[C@@H](O)[C@@H]3CCCN4CCC[C@@H]2[C@@]34C1. The molecule has 0 aromatic heterocycles. The van der Waals surface area contributed by atoms with E-state index in [4.69, 9.17) is 0 Å². The van der Waals surface area contributed by atoms with Crippen molar-refractivity contribution in [3.63, 3.8) is 0 Å². The summed E-state index contributed by atoms with van der Waals surface area (Å²) in [4.78, 5) is 2.82. The predicted molar refractivity (Wildman–Crippen MR) is 72.3 cm³/mol. The van der Waals surface area contributed by atoms with E-state index in [1.54, 1.807) is 0 Å². The zero-order chi connectivity index (χ0) is 12.3. The molecule has 0 aromatic rings. The van der Waals surface area contributed by atoms with Gasteiger partial charge in [0.25, 0.3) is 0 Å². The van der Waals surface area contributed by atoms with Gasteiger partial charge in [-0.1, -0.05) is 6.92 Å². The van der Waals surface area contributed by atoms with Crippen LogP contribution in [0.1, 0.15) is 51.9 Å². The summed E-state index contributed by atoms with van der Waals surface area (Å²) < 4.78 is 0. The molecule has 2 saturated heterocycles. The Hall–Kier alpha value is -0.0800. The molecule has 18 heavy (non-hydrogen) atoms. The molecule has 2 heteroatoms. The Kier molecular flexibility index (Phi) is 2.58. The van der Waals surface area contributed by atoms with Gasteiger partial charge in [0.15, 0.2) is 0 Å². The van der Waals surface area contributed by atoms with Crippen LogP contribution in [0.3, 0.4) is 0 Å². The zero-order valence-electron chi connectivity index (χ0n) is 11.6. The highest BCUT2D eigenvalue weighted by Crippen LogP contribution is 2.60. The average molecular weight is 249 g/mol. The molecule has 0 unspecified atom stereocenters. The van der Waals surface area contributed by atoms with E-state index in [1.165, 1.54) is 51.6 Å². The van der Waals surface area contributed by atoms with Gasteiger partial charge in [-0.15, -0.1) is 0 Å². The molecule has 2 heterocycles. The molecule has 4 aliphatic rings. The van der Waals surface area contributed by atoms with Crippen LogP contribution in [-0.4, -0.2) is 34.7 Å². The Balaban J connectivity index is 1.80. The molecule has 102 valence electrons. The Morgan fingerprint density at radius 1 is 1.06 bits per heavy atom. The summed E-state index contributed by atoms with van der Waals surface area (Å²) in [7, 11) is 0. The Morgan fingerprint density at radius 2 is 1.78 bits per heavy atom. The lowest BCUT2D eigenvalue weighted by Gasteiger charge is -2.67. The van der Waals surface area contributed by atoms with Crippen LogP contribution < -0.4 is 0 Å². The second-order valence-corrected chi connectivity index (χ2v) is 7.58. The molecule has 2 bridgehead atoms. The molecular weight excluding hydrogens is 222 g/mol. The Morgan fingerprint density at radius 3 is 2.56 bits per heavy atom. The zero-order valence-corrected chi connectivity index (χ0v) is 11.6. The van der Waals surface area contributed by atoms with Crippen LogP contribution in [0, 0.1) is 23.7 Å². The summed E-state index contributed by atoms with van der Waals surface area (Å²) in [6, 6.07) is 0. The third kappa shape index (κ3) is 1.37. The Labute approximate surface area is 111 Å². The van der Waals surface area contributed by atoms with E-state index in [0.29, 0.717) is 11.5 Å². The van der Waals surface area contributed by atoms with E-state index in [-0.39, 0.29) is 6.10 Å². The maximum atomic E-state index is 10.6. The summed E-state index contributed by atoms with van der Waals surface area (Å²) >= 11 is 0. The monoisotopic (exact) mass is 249 g/mol. The van der Waals surface area contributed by atoms with Crippen molar-refractivity contribution < 1.29 is 5.11 Å². The van der Waals surface area contributed by atoms with Crippen LogP contribution in [-0.2, 0) is 0 Å². The average Bonchev–Trinajstić information content (AvgIpc) is 2.33. The third-order valence-electron chi connectivity index (χ3n) is 6.72. The van der Waals surface area contributed by atoms with Crippen molar-refractivity contribution in [1.29, 1.82) is 0 Å². The lowest BCUT2D eigenvalue weighted by atomic mass is 9.48. The fraction of sp³-hybridized carbons (Fsp3) is 1.00. The fourth-order valence-corrected chi connectivity index (χ4v) is 6.43. The lowest BCUT2D eigenvalue weighted by molar-refractivity contribution is -0.194. The summed E-state index contributed by atoms with van der Waals surface area (Å²) in [6.45, 7) is 5.06. The number of nitrogens with zero attached hydrogens (tertiary/aromatic N) is 1. The lowest BCUT2D eigenvalue weighted by Crippen LogP contribution is -2.72. The van der Waals surface area contributed by atoms with Gasteiger partial charge in [-0.3, -0.25) is 4.90 Å². The fourth-order valence-electron chi connectivity index (χ4n) is 6.43. The van der Waals surface area contributed by atoms with E-state index in [2.05, 4.69) is 11.8 Å². The van der Waals surface area contributed by atoms with Crippen LogP contribution in [0.15, 0.2) is 0 Å². The van der Waals surface area contributed by atoms with Gasteiger partial charge in [-0.2, -0.15) is 0 Å². The summed E-state index contributed by atoms with van der Waals surface area (Å²) in [5.41, 5.74) is 0.413. The summed E-state index contributed by atoms with van der Waals surface area (Å²) in [5, 5.41) is 10.6. The molecule has 4 rings (SSSR count). The standard InChI is InChI=1S/C16H27NO/c1-11-8-12-9-15(18)14-5-3-7-17-6-2-4-13(12)16(14,17)10-11/h11-15,18H,2-10H2,1H3/t11-,12+,13-,14-,15+,16-/m0/s1. The van der Waals surface area contributed by atoms with Crippen molar-refractivity contribution in [3.05, 3.63) is 0 Å². The summed E-state index contributed by atoms with van der Waals surface area (Å²) in [5.74, 6) is 3.20. The van der Waals surface area contributed by atoms with Crippen molar-refractivity contribution in [2.45, 2.75) is 63.5 Å². The molecular formula is C16H27NO. The van der Waals surface area contributed by atoms with Crippen molar-refractivity contribution in [2.24, 2.45) is 23.7 Å². The first kappa shape index (κ1) is 11.7. The molecule has 0 amide bonds. The molecule has 2 aliphatic heterocycles.